The fourth-order valence-corrected chi connectivity index (χ4v) is 3.68. The third-order valence-electron chi connectivity index (χ3n) is 3.09. The summed E-state index contributed by atoms with van der Waals surface area (Å²) in [4.78, 5) is 10.3. The Morgan fingerprint density at radius 2 is 1.91 bits per heavy atom. The van der Waals surface area contributed by atoms with Crippen LogP contribution in [0.1, 0.15) is 46.0 Å². The minimum atomic E-state index is -3.27. The van der Waals surface area contributed by atoms with Gasteiger partial charge in [-0.25, -0.2) is 4.57 Å². The van der Waals surface area contributed by atoms with Gasteiger partial charge in [0.25, 0.3) is 5.69 Å². The van der Waals surface area contributed by atoms with Crippen LogP contribution in [0, 0.1) is 10.1 Å². The maximum absolute atomic E-state index is 12.8. The summed E-state index contributed by atoms with van der Waals surface area (Å²) in [6.07, 6.45) is 4.79. The van der Waals surface area contributed by atoms with Crippen molar-refractivity contribution in [1.29, 1.82) is 0 Å². The summed E-state index contributed by atoms with van der Waals surface area (Å²) in [5.41, 5.74) is -0.0921. The number of unbranched alkanes of at least 4 members (excludes halogenated alkanes) is 3. The molecule has 0 radical (unpaired) electrons. The van der Waals surface area contributed by atoms with E-state index in [1.165, 1.54) is 18.2 Å². The molecule has 0 aliphatic rings. The van der Waals surface area contributed by atoms with E-state index in [0.717, 1.165) is 32.1 Å². The zero-order valence-corrected chi connectivity index (χ0v) is 14.1. The van der Waals surface area contributed by atoms with Gasteiger partial charge in [-0.1, -0.05) is 39.2 Å². The number of hydrogen-bond donors (Lipinski definition) is 0. The van der Waals surface area contributed by atoms with E-state index in [2.05, 4.69) is 6.92 Å². The molecule has 0 fully saturated rings. The van der Waals surface area contributed by atoms with Crippen LogP contribution >= 0.6 is 7.60 Å². The molecule has 0 bridgehead atoms. The zero-order valence-electron chi connectivity index (χ0n) is 13.2. The molecule has 7 heteroatoms. The summed E-state index contributed by atoms with van der Waals surface area (Å²) in [5.74, 6) is 0.212. The lowest BCUT2D eigenvalue weighted by atomic mass is 10.3. The van der Waals surface area contributed by atoms with E-state index < -0.39 is 12.5 Å². The van der Waals surface area contributed by atoms with E-state index in [0.29, 0.717) is 12.8 Å². The number of benzene rings is 1. The summed E-state index contributed by atoms with van der Waals surface area (Å²) in [5, 5.41) is 10.8. The summed E-state index contributed by atoms with van der Waals surface area (Å²) in [6.45, 7) is 4.45. The van der Waals surface area contributed by atoms with Crippen molar-refractivity contribution in [2.75, 3.05) is 12.8 Å². The minimum Gasteiger partial charge on any atom is -0.424 e. The lowest BCUT2D eigenvalue weighted by Crippen LogP contribution is -2.04. The second-order valence-corrected chi connectivity index (χ2v) is 7.18. The minimum absolute atomic E-state index is 0.0921. The van der Waals surface area contributed by atoms with Crippen LogP contribution < -0.4 is 4.52 Å². The summed E-state index contributed by atoms with van der Waals surface area (Å²) in [6, 6.07) is 5.70. The number of hydrogen-bond acceptors (Lipinski definition) is 5. The van der Waals surface area contributed by atoms with Crippen LogP contribution in [0.4, 0.5) is 5.69 Å². The molecule has 0 saturated heterocycles. The molecule has 124 valence electrons. The summed E-state index contributed by atoms with van der Waals surface area (Å²) in [7, 11) is -3.27. The van der Waals surface area contributed by atoms with Gasteiger partial charge in [0.2, 0.25) is 0 Å². The number of nitro benzene ring substituents is 1. The van der Waals surface area contributed by atoms with Gasteiger partial charge in [0.05, 0.1) is 23.8 Å². The first-order chi connectivity index (χ1) is 10.5. The molecular weight excluding hydrogens is 305 g/mol. The largest absolute Gasteiger partial charge is 0.424 e. The lowest BCUT2D eigenvalue weighted by molar-refractivity contribution is -0.384. The predicted molar refractivity (Wildman–Crippen MR) is 86.6 cm³/mol. The van der Waals surface area contributed by atoms with Gasteiger partial charge in [0.15, 0.2) is 0 Å². The first kappa shape index (κ1) is 18.7. The van der Waals surface area contributed by atoms with E-state index in [1.807, 2.05) is 6.92 Å². The van der Waals surface area contributed by atoms with Gasteiger partial charge < -0.3 is 4.52 Å². The molecule has 0 aromatic heterocycles. The molecular formula is C15H24NO5P. The molecule has 1 aromatic rings. The molecule has 0 aliphatic carbocycles. The van der Waals surface area contributed by atoms with Gasteiger partial charge in [-0.15, -0.1) is 0 Å². The Kier molecular flexibility index (Phi) is 8.13. The summed E-state index contributed by atoms with van der Waals surface area (Å²) >= 11 is 0. The van der Waals surface area contributed by atoms with Crippen molar-refractivity contribution in [3.05, 3.63) is 34.4 Å². The average Bonchev–Trinajstić information content (AvgIpc) is 2.50. The van der Waals surface area contributed by atoms with E-state index in [1.54, 1.807) is 6.07 Å². The molecule has 1 rings (SSSR count). The Bertz CT molecular complexity index is 520. The maximum atomic E-state index is 12.8. The monoisotopic (exact) mass is 329 g/mol. The van der Waals surface area contributed by atoms with Gasteiger partial charge >= 0.3 is 7.60 Å². The SMILES string of the molecule is CCCCCOP(=O)(CCCC)Oc1cccc([N+](=O)[O-])c1. The van der Waals surface area contributed by atoms with Crippen LogP contribution in [0.5, 0.6) is 5.75 Å². The molecule has 0 N–H and O–H groups in total. The van der Waals surface area contributed by atoms with Crippen molar-refractivity contribution >= 4 is 13.3 Å². The van der Waals surface area contributed by atoms with Gasteiger partial charge in [-0.05, 0) is 18.9 Å². The topological polar surface area (TPSA) is 78.7 Å². The van der Waals surface area contributed by atoms with E-state index >= 15 is 0 Å². The molecule has 0 heterocycles. The van der Waals surface area contributed by atoms with Gasteiger partial charge in [0.1, 0.15) is 5.75 Å². The first-order valence-electron chi connectivity index (χ1n) is 7.68. The third kappa shape index (κ3) is 6.58. The fraction of sp³-hybridized carbons (Fsp3) is 0.600. The molecule has 0 spiro atoms. The second-order valence-electron chi connectivity index (χ2n) is 5.07. The Balaban J connectivity index is 2.76. The molecule has 22 heavy (non-hydrogen) atoms. The molecule has 0 aliphatic heterocycles. The van der Waals surface area contributed by atoms with Crippen LogP contribution in [-0.4, -0.2) is 17.7 Å². The Morgan fingerprint density at radius 3 is 2.55 bits per heavy atom. The highest BCUT2D eigenvalue weighted by Crippen LogP contribution is 2.49. The molecule has 0 amide bonds. The molecule has 6 nitrogen and oxygen atoms in total. The van der Waals surface area contributed by atoms with Crippen molar-refractivity contribution in [2.45, 2.75) is 46.0 Å². The number of nitrogens with zero attached hydrogens (tertiary/aromatic N) is 1. The standard InChI is InChI=1S/C15H24NO5P/c1-3-5-7-11-20-22(19,12-6-4-2)21-15-10-8-9-14(13-15)16(17)18/h8-10,13H,3-7,11-12H2,1-2H3. The van der Waals surface area contributed by atoms with Crippen LogP contribution in [-0.2, 0) is 9.09 Å². The number of non-ortho nitro benzene ring substituents is 1. The molecule has 1 aromatic carbocycles. The molecule has 0 saturated carbocycles. The average molecular weight is 329 g/mol. The van der Waals surface area contributed by atoms with Gasteiger partial charge in [0, 0.05) is 6.07 Å². The van der Waals surface area contributed by atoms with Crippen molar-refractivity contribution in [2.24, 2.45) is 0 Å². The van der Waals surface area contributed by atoms with Crippen LogP contribution in [0.15, 0.2) is 24.3 Å². The highest BCUT2D eigenvalue weighted by Gasteiger charge is 2.26. The van der Waals surface area contributed by atoms with Crippen molar-refractivity contribution in [1.82, 2.24) is 0 Å². The predicted octanol–water partition coefficient (Wildman–Crippen LogP) is 5.17. The van der Waals surface area contributed by atoms with Crippen molar-refractivity contribution < 1.29 is 18.5 Å². The molecule has 1 unspecified atom stereocenters. The highest BCUT2D eigenvalue weighted by molar-refractivity contribution is 7.54. The third-order valence-corrected chi connectivity index (χ3v) is 5.02. The smallest absolute Gasteiger partial charge is 0.379 e. The second kappa shape index (κ2) is 9.59. The van der Waals surface area contributed by atoms with E-state index in [4.69, 9.17) is 9.05 Å². The number of nitro groups is 1. The van der Waals surface area contributed by atoms with E-state index in [-0.39, 0.29) is 11.4 Å². The Morgan fingerprint density at radius 1 is 1.18 bits per heavy atom. The summed E-state index contributed by atoms with van der Waals surface area (Å²) < 4.78 is 23.8. The zero-order chi connectivity index (χ0) is 16.4. The Labute approximate surface area is 131 Å². The van der Waals surface area contributed by atoms with Crippen LogP contribution in [0.25, 0.3) is 0 Å². The van der Waals surface area contributed by atoms with Crippen molar-refractivity contribution in [3.63, 3.8) is 0 Å². The first-order valence-corrected chi connectivity index (χ1v) is 9.41. The Hall–Kier alpha value is -1.39. The van der Waals surface area contributed by atoms with E-state index in [9.17, 15) is 14.7 Å². The maximum Gasteiger partial charge on any atom is 0.379 e. The van der Waals surface area contributed by atoms with Gasteiger partial charge in [-0.2, -0.15) is 0 Å². The number of rotatable bonds is 11. The van der Waals surface area contributed by atoms with Crippen LogP contribution in [0.3, 0.4) is 0 Å². The van der Waals surface area contributed by atoms with Crippen LogP contribution in [0.2, 0.25) is 0 Å². The van der Waals surface area contributed by atoms with Gasteiger partial charge in [-0.3, -0.25) is 14.6 Å². The highest BCUT2D eigenvalue weighted by atomic mass is 31.2. The molecule has 1 atom stereocenters. The fourth-order valence-electron chi connectivity index (χ4n) is 1.86. The quantitative estimate of drug-likeness (QED) is 0.242. The lowest BCUT2D eigenvalue weighted by Gasteiger charge is -2.19. The normalized spacial score (nSPS) is 13.5. The van der Waals surface area contributed by atoms with Crippen molar-refractivity contribution in [3.8, 4) is 5.75 Å².